The Balaban J connectivity index is 2.48. The van der Waals surface area contributed by atoms with Crippen molar-refractivity contribution in [3.63, 3.8) is 0 Å². The third-order valence-corrected chi connectivity index (χ3v) is 2.88. The van der Waals surface area contributed by atoms with E-state index in [2.05, 4.69) is 11.9 Å². The highest BCUT2D eigenvalue weighted by Gasteiger charge is 2.25. The maximum atomic E-state index is 11.2. The molecule has 2 N–H and O–H groups in total. The molecule has 0 aromatic rings. The summed E-state index contributed by atoms with van der Waals surface area (Å²) in [5.74, 6) is -0.152. The van der Waals surface area contributed by atoms with E-state index in [4.69, 9.17) is 16.7 Å². The first kappa shape index (κ1) is 11.5. The van der Waals surface area contributed by atoms with Crippen LogP contribution in [0.15, 0.2) is 11.6 Å². The molecule has 1 saturated carbocycles. The van der Waals surface area contributed by atoms with Crippen molar-refractivity contribution in [1.29, 1.82) is 0 Å². The van der Waals surface area contributed by atoms with Crippen molar-refractivity contribution in [3.8, 4) is 0 Å². The first-order chi connectivity index (χ1) is 6.65. The molecule has 1 aliphatic rings. The monoisotopic (exact) mass is 217 g/mol. The van der Waals surface area contributed by atoms with Crippen LogP contribution in [0.25, 0.3) is 0 Å². The highest BCUT2D eigenvalue weighted by Crippen LogP contribution is 2.24. The Kier molecular flexibility index (Phi) is 4.42. The van der Waals surface area contributed by atoms with Crippen molar-refractivity contribution in [2.75, 3.05) is 6.61 Å². The molecule has 80 valence electrons. The van der Waals surface area contributed by atoms with Crippen LogP contribution in [0, 0.1) is 5.92 Å². The largest absolute Gasteiger partial charge is 0.396 e. The molecule has 0 radical (unpaired) electrons. The SMILES string of the molecule is C=C(Cl)C(=O)NC1CCCCC1CO. The minimum absolute atomic E-state index is 0.00673. The zero-order valence-corrected chi connectivity index (χ0v) is 8.89. The molecule has 0 aromatic heterocycles. The molecule has 2 unspecified atom stereocenters. The molecule has 4 heteroatoms. The van der Waals surface area contributed by atoms with E-state index in [0.29, 0.717) is 0 Å². The predicted octanol–water partition coefficient (Wildman–Crippen LogP) is 1.41. The maximum absolute atomic E-state index is 11.2. The smallest absolute Gasteiger partial charge is 0.262 e. The molecule has 3 nitrogen and oxygen atoms in total. The van der Waals surface area contributed by atoms with E-state index in [9.17, 15) is 4.79 Å². The summed E-state index contributed by atoms with van der Waals surface area (Å²) in [5.41, 5.74) is 0. The zero-order valence-electron chi connectivity index (χ0n) is 8.13. The van der Waals surface area contributed by atoms with Crippen LogP contribution in [0.5, 0.6) is 0 Å². The lowest BCUT2D eigenvalue weighted by molar-refractivity contribution is -0.118. The Hall–Kier alpha value is -0.540. The fraction of sp³-hybridized carbons (Fsp3) is 0.700. The number of carbonyl (C=O) groups is 1. The van der Waals surface area contributed by atoms with Gasteiger partial charge in [-0.3, -0.25) is 4.79 Å². The first-order valence-electron chi connectivity index (χ1n) is 4.91. The van der Waals surface area contributed by atoms with Crippen molar-refractivity contribution in [1.82, 2.24) is 5.32 Å². The average molecular weight is 218 g/mol. The van der Waals surface area contributed by atoms with Crippen LogP contribution in [-0.4, -0.2) is 23.7 Å². The molecule has 0 bridgehead atoms. The van der Waals surface area contributed by atoms with Gasteiger partial charge in [0.2, 0.25) is 0 Å². The molecule has 0 aliphatic heterocycles. The molecule has 1 fully saturated rings. The highest BCUT2D eigenvalue weighted by atomic mass is 35.5. The normalized spacial score (nSPS) is 27.0. The van der Waals surface area contributed by atoms with Gasteiger partial charge in [-0.25, -0.2) is 0 Å². The van der Waals surface area contributed by atoms with E-state index >= 15 is 0 Å². The number of carbonyl (C=O) groups excluding carboxylic acids is 1. The van der Waals surface area contributed by atoms with Crippen LogP contribution in [0.1, 0.15) is 25.7 Å². The summed E-state index contributed by atoms with van der Waals surface area (Å²) >= 11 is 5.47. The quantitative estimate of drug-likeness (QED) is 0.703. The second-order valence-electron chi connectivity index (χ2n) is 3.71. The van der Waals surface area contributed by atoms with E-state index in [1.807, 2.05) is 0 Å². The summed E-state index contributed by atoms with van der Waals surface area (Å²) in [6.45, 7) is 3.49. The van der Waals surface area contributed by atoms with Crippen molar-refractivity contribution >= 4 is 17.5 Å². The molecule has 1 amide bonds. The van der Waals surface area contributed by atoms with Gasteiger partial charge < -0.3 is 10.4 Å². The topological polar surface area (TPSA) is 49.3 Å². The van der Waals surface area contributed by atoms with Crippen LogP contribution < -0.4 is 5.32 Å². The van der Waals surface area contributed by atoms with Crippen LogP contribution in [-0.2, 0) is 4.79 Å². The lowest BCUT2D eigenvalue weighted by atomic mass is 9.85. The van der Waals surface area contributed by atoms with Crippen LogP contribution in [0.3, 0.4) is 0 Å². The van der Waals surface area contributed by atoms with Gasteiger partial charge in [-0.1, -0.05) is 31.0 Å². The number of nitrogens with one attached hydrogen (secondary N) is 1. The van der Waals surface area contributed by atoms with Gasteiger partial charge in [0.05, 0.1) is 5.03 Å². The van der Waals surface area contributed by atoms with Gasteiger partial charge in [-0.15, -0.1) is 0 Å². The third-order valence-electron chi connectivity index (χ3n) is 2.71. The fourth-order valence-electron chi connectivity index (χ4n) is 1.86. The Bertz CT molecular complexity index is 230. The molecule has 2 atom stereocenters. The van der Waals surface area contributed by atoms with E-state index in [0.717, 1.165) is 25.7 Å². The van der Waals surface area contributed by atoms with Crippen LogP contribution >= 0.6 is 11.6 Å². The molecule has 0 spiro atoms. The molecule has 1 aliphatic carbocycles. The Morgan fingerprint density at radius 2 is 2.14 bits per heavy atom. The summed E-state index contributed by atoms with van der Waals surface area (Å²) in [4.78, 5) is 11.2. The zero-order chi connectivity index (χ0) is 10.6. The molecule has 0 heterocycles. The molecule has 1 rings (SSSR count). The summed E-state index contributed by atoms with van der Waals surface area (Å²) in [6.07, 6.45) is 4.10. The molecule has 0 saturated heterocycles. The van der Waals surface area contributed by atoms with E-state index in [1.165, 1.54) is 0 Å². The highest BCUT2D eigenvalue weighted by molar-refractivity contribution is 6.41. The first-order valence-corrected chi connectivity index (χ1v) is 5.29. The molecule has 0 aromatic carbocycles. The number of halogens is 1. The average Bonchev–Trinajstić information content (AvgIpc) is 2.18. The van der Waals surface area contributed by atoms with Crippen molar-refractivity contribution in [3.05, 3.63) is 11.6 Å². The summed E-state index contributed by atoms with van der Waals surface area (Å²) in [7, 11) is 0. The van der Waals surface area contributed by atoms with Crippen LogP contribution in [0.2, 0.25) is 0 Å². The second kappa shape index (κ2) is 5.37. The van der Waals surface area contributed by atoms with Crippen LogP contribution in [0.4, 0.5) is 0 Å². The number of aliphatic hydroxyl groups is 1. The van der Waals surface area contributed by atoms with Gasteiger partial charge in [0.1, 0.15) is 0 Å². The van der Waals surface area contributed by atoms with Crippen molar-refractivity contribution in [2.45, 2.75) is 31.7 Å². The maximum Gasteiger partial charge on any atom is 0.262 e. The van der Waals surface area contributed by atoms with E-state index in [1.54, 1.807) is 0 Å². The minimum atomic E-state index is -0.322. The summed E-state index contributed by atoms with van der Waals surface area (Å²) < 4.78 is 0. The minimum Gasteiger partial charge on any atom is -0.396 e. The number of hydrogen-bond acceptors (Lipinski definition) is 2. The van der Waals surface area contributed by atoms with Crippen molar-refractivity contribution < 1.29 is 9.90 Å². The van der Waals surface area contributed by atoms with Gasteiger partial charge >= 0.3 is 0 Å². The van der Waals surface area contributed by atoms with Gasteiger partial charge in [0, 0.05) is 18.6 Å². The van der Waals surface area contributed by atoms with Gasteiger partial charge in [0.25, 0.3) is 5.91 Å². The van der Waals surface area contributed by atoms with E-state index < -0.39 is 0 Å². The van der Waals surface area contributed by atoms with Gasteiger partial charge in [0.15, 0.2) is 0 Å². The lowest BCUT2D eigenvalue weighted by Crippen LogP contribution is -2.43. The van der Waals surface area contributed by atoms with Crippen molar-refractivity contribution in [2.24, 2.45) is 5.92 Å². The van der Waals surface area contributed by atoms with E-state index in [-0.39, 0.29) is 29.5 Å². The van der Waals surface area contributed by atoms with Gasteiger partial charge in [-0.2, -0.15) is 0 Å². The second-order valence-corrected chi connectivity index (χ2v) is 4.17. The van der Waals surface area contributed by atoms with Gasteiger partial charge in [-0.05, 0) is 12.8 Å². The Labute approximate surface area is 89.1 Å². The summed E-state index contributed by atoms with van der Waals surface area (Å²) in [5, 5.41) is 11.9. The number of amides is 1. The third kappa shape index (κ3) is 3.00. The number of rotatable bonds is 3. The molecule has 14 heavy (non-hydrogen) atoms. The molecular formula is C10H16ClNO2. The standard InChI is InChI=1S/C10H16ClNO2/c1-7(11)10(14)12-9-5-3-2-4-8(9)6-13/h8-9,13H,1-6H2,(H,12,14). The predicted molar refractivity (Wildman–Crippen MR) is 56.0 cm³/mol. The Morgan fingerprint density at radius 1 is 1.50 bits per heavy atom. The molecular weight excluding hydrogens is 202 g/mol. The Morgan fingerprint density at radius 3 is 2.71 bits per heavy atom. The lowest BCUT2D eigenvalue weighted by Gasteiger charge is -2.30. The fourth-order valence-corrected chi connectivity index (χ4v) is 1.92. The number of hydrogen-bond donors (Lipinski definition) is 2. The summed E-state index contributed by atoms with van der Waals surface area (Å²) in [6, 6.07) is 0.0525. The number of aliphatic hydroxyl groups excluding tert-OH is 1.